The molecule has 0 aliphatic carbocycles. The van der Waals surface area contributed by atoms with Gasteiger partial charge in [-0.15, -0.1) is 0 Å². The molecular formula is C16H30O2. The maximum atomic E-state index is 12.2. The Hall–Kier alpha value is -0.660. The fourth-order valence-electron chi connectivity index (χ4n) is 2.12. The summed E-state index contributed by atoms with van der Waals surface area (Å²) in [7, 11) is 0. The first-order chi connectivity index (χ1) is 8.29. The standard InChI is InChI=1S/C16H30O2/c1-7-15(5,8-2)13(17)11-12-14(18)16(6,9-3)10-4/h7-12H2,1-6H3. The lowest BCUT2D eigenvalue weighted by molar-refractivity contribution is -0.133. The molecule has 106 valence electrons. The van der Waals surface area contributed by atoms with Gasteiger partial charge < -0.3 is 0 Å². The van der Waals surface area contributed by atoms with E-state index in [4.69, 9.17) is 0 Å². The fourth-order valence-corrected chi connectivity index (χ4v) is 2.12. The molecule has 0 bridgehead atoms. The molecule has 0 unspecified atom stereocenters. The van der Waals surface area contributed by atoms with Gasteiger partial charge in [-0.1, -0.05) is 41.5 Å². The summed E-state index contributed by atoms with van der Waals surface area (Å²) < 4.78 is 0. The van der Waals surface area contributed by atoms with Crippen molar-refractivity contribution in [1.29, 1.82) is 0 Å². The van der Waals surface area contributed by atoms with Gasteiger partial charge in [-0.25, -0.2) is 0 Å². The second kappa shape index (κ2) is 7.06. The maximum absolute atomic E-state index is 12.2. The highest BCUT2D eigenvalue weighted by Crippen LogP contribution is 2.31. The lowest BCUT2D eigenvalue weighted by Gasteiger charge is -2.27. The van der Waals surface area contributed by atoms with Crippen molar-refractivity contribution < 1.29 is 9.59 Å². The van der Waals surface area contributed by atoms with E-state index in [1.807, 2.05) is 41.5 Å². The number of ketones is 2. The molecule has 0 atom stereocenters. The fraction of sp³-hybridized carbons (Fsp3) is 0.875. The van der Waals surface area contributed by atoms with Crippen molar-refractivity contribution in [3.05, 3.63) is 0 Å². The molecule has 2 heteroatoms. The molecule has 0 amide bonds. The third-order valence-electron chi connectivity index (χ3n) is 5.05. The van der Waals surface area contributed by atoms with Crippen LogP contribution >= 0.6 is 0 Å². The lowest BCUT2D eigenvalue weighted by Crippen LogP contribution is -2.30. The molecule has 0 rings (SSSR count). The predicted octanol–water partition coefficient (Wildman–Crippen LogP) is 4.56. The monoisotopic (exact) mass is 254 g/mol. The summed E-state index contributed by atoms with van der Waals surface area (Å²) in [5, 5.41) is 0. The summed E-state index contributed by atoms with van der Waals surface area (Å²) in [5.41, 5.74) is -0.482. The molecule has 0 aliphatic heterocycles. The van der Waals surface area contributed by atoms with Gasteiger partial charge in [-0.2, -0.15) is 0 Å². The molecule has 0 aliphatic rings. The van der Waals surface area contributed by atoms with E-state index in [0.717, 1.165) is 25.7 Å². The number of carbonyl (C=O) groups excluding carboxylic acids is 2. The van der Waals surface area contributed by atoms with Gasteiger partial charge in [0.15, 0.2) is 0 Å². The highest BCUT2D eigenvalue weighted by molar-refractivity contribution is 5.91. The van der Waals surface area contributed by atoms with Crippen LogP contribution in [0.5, 0.6) is 0 Å². The van der Waals surface area contributed by atoms with Crippen LogP contribution in [0.1, 0.15) is 80.1 Å². The molecule has 0 N–H and O–H groups in total. The van der Waals surface area contributed by atoms with Crippen LogP contribution in [0, 0.1) is 10.8 Å². The van der Waals surface area contributed by atoms with E-state index in [1.165, 1.54) is 0 Å². The minimum atomic E-state index is -0.241. The quantitative estimate of drug-likeness (QED) is 0.604. The van der Waals surface area contributed by atoms with Gasteiger partial charge in [0.2, 0.25) is 0 Å². The normalized spacial score (nSPS) is 12.6. The third kappa shape index (κ3) is 3.93. The Bertz CT molecular complexity index is 253. The summed E-state index contributed by atoms with van der Waals surface area (Å²) in [4.78, 5) is 24.4. The highest BCUT2D eigenvalue weighted by atomic mass is 16.1. The van der Waals surface area contributed by atoms with Crippen molar-refractivity contribution in [3.63, 3.8) is 0 Å². The van der Waals surface area contributed by atoms with E-state index in [2.05, 4.69) is 0 Å². The number of Topliss-reactive ketones (excluding diaryl/α,β-unsaturated/α-hetero) is 2. The minimum Gasteiger partial charge on any atom is -0.299 e. The molecule has 0 aromatic heterocycles. The average Bonchev–Trinajstić information content (AvgIpc) is 2.42. The van der Waals surface area contributed by atoms with E-state index >= 15 is 0 Å². The van der Waals surface area contributed by atoms with Crippen LogP contribution in [0.4, 0.5) is 0 Å². The van der Waals surface area contributed by atoms with Crippen molar-refractivity contribution >= 4 is 11.6 Å². The molecule has 0 fully saturated rings. The molecule has 0 saturated carbocycles. The number of hydrogen-bond acceptors (Lipinski definition) is 2. The second-order valence-corrected chi connectivity index (χ2v) is 5.88. The Labute approximate surface area is 113 Å². The van der Waals surface area contributed by atoms with E-state index in [0.29, 0.717) is 12.8 Å². The zero-order chi connectivity index (χ0) is 14.4. The first-order valence-corrected chi connectivity index (χ1v) is 7.36. The van der Waals surface area contributed by atoms with E-state index in [-0.39, 0.29) is 22.4 Å². The zero-order valence-corrected chi connectivity index (χ0v) is 13.1. The van der Waals surface area contributed by atoms with Gasteiger partial charge in [0.05, 0.1) is 0 Å². The second-order valence-electron chi connectivity index (χ2n) is 5.88. The zero-order valence-electron chi connectivity index (χ0n) is 13.1. The van der Waals surface area contributed by atoms with Crippen molar-refractivity contribution in [2.75, 3.05) is 0 Å². The Morgan fingerprint density at radius 2 is 0.889 bits per heavy atom. The summed E-state index contributed by atoms with van der Waals surface area (Å²) in [6.45, 7) is 12.2. The van der Waals surface area contributed by atoms with Gasteiger partial charge in [0.25, 0.3) is 0 Å². The Balaban J connectivity index is 4.51. The SMILES string of the molecule is CCC(C)(CC)C(=O)CCC(=O)C(C)(CC)CC. The van der Waals surface area contributed by atoms with Crippen molar-refractivity contribution in [2.45, 2.75) is 80.1 Å². The first-order valence-electron chi connectivity index (χ1n) is 7.36. The average molecular weight is 254 g/mol. The third-order valence-corrected chi connectivity index (χ3v) is 5.05. The summed E-state index contributed by atoms with van der Waals surface area (Å²) in [6, 6.07) is 0. The summed E-state index contributed by atoms with van der Waals surface area (Å²) in [6.07, 6.45) is 4.24. The van der Waals surface area contributed by atoms with Crippen molar-refractivity contribution in [3.8, 4) is 0 Å². The van der Waals surface area contributed by atoms with Crippen LogP contribution in [-0.4, -0.2) is 11.6 Å². The van der Waals surface area contributed by atoms with Gasteiger partial charge in [-0.3, -0.25) is 9.59 Å². The number of rotatable bonds is 9. The number of hydrogen-bond donors (Lipinski definition) is 0. The van der Waals surface area contributed by atoms with Crippen LogP contribution in [0.15, 0.2) is 0 Å². The van der Waals surface area contributed by atoms with Crippen LogP contribution < -0.4 is 0 Å². The van der Waals surface area contributed by atoms with Crippen LogP contribution in [0.25, 0.3) is 0 Å². The van der Waals surface area contributed by atoms with E-state index in [1.54, 1.807) is 0 Å². The molecule has 0 radical (unpaired) electrons. The van der Waals surface area contributed by atoms with Gasteiger partial charge in [0, 0.05) is 23.7 Å². The van der Waals surface area contributed by atoms with E-state index < -0.39 is 0 Å². The van der Waals surface area contributed by atoms with Crippen molar-refractivity contribution in [2.24, 2.45) is 10.8 Å². The molecular weight excluding hydrogens is 224 g/mol. The number of carbonyl (C=O) groups is 2. The van der Waals surface area contributed by atoms with E-state index in [9.17, 15) is 9.59 Å². The predicted molar refractivity (Wildman–Crippen MR) is 76.6 cm³/mol. The summed E-state index contributed by atoms with van der Waals surface area (Å²) in [5.74, 6) is 0.491. The molecule has 0 aromatic rings. The molecule has 18 heavy (non-hydrogen) atoms. The topological polar surface area (TPSA) is 34.1 Å². The minimum absolute atomic E-state index is 0.241. The highest BCUT2D eigenvalue weighted by Gasteiger charge is 2.32. The summed E-state index contributed by atoms with van der Waals surface area (Å²) >= 11 is 0. The molecule has 0 aromatic carbocycles. The Morgan fingerprint density at radius 1 is 0.667 bits per heavy atom. The Morgan fingerprint density at radius 3 is 1.06 bits per heavy atom. The van der Waals surface area contributed by atoms with Crippen molar-refractivity contribution in [1.82, 2.24) is 0 Å². The molecule has 0 saturated heterocycles. The molecule has 0 heterocycles. The lowest BCUT2D eigenvalue weighted by atomic mass is 9.75. The largest absolute Gasteiger partial charge is 0.299 e. The van der Waals surface area contributed by atoms with Gasteiger partial charge in [0.1, 0.15) is 11.6 Å². The molecule has 2 nitrogen and oxygen atoms in total. The van der Waals surface area contributed by atoms with Gasteiger partial charge in [-0.05, 0) is 25.7 Å². The van der Waals surface area contributed by atoms with Crippen LogP contribution in [0.3, 0.4) is 0 Å². The Kier molecular flexibility index (Phi) is 6.80. The smallest absolute Gasteiger partial charge is 0.139 e. The first kappa shape index (κ1) is 17.3. The van der Waals surface area contributed by atoms with Gasteiger partial charge >= 0.3 is 0 Å². The van der Waals surface area contributed by atoms with Crippen LogP contribution in [-0.2, 0) is 9.59 Å². The molecule has 0 spiro atoms. The maximum Gasteiger partial charge on any atom is 0.139 e. The van der Waals surface area contributed by atoms with Crippen LogP contribution in [0.2, 0.25) is 0 Å².